The Balaban J connectivity index is 1.51. The van der Waals surface area contributed by atoms with Crippen LogP contribution in [0.5, 0.6) is 5.75 Å². The van der Waals surface area contributed by atoms with Gasteiger partial charge in [0.25, 0.3) is 5.91 Å². The largest absolute Gasteiger partial charge is 0.485 e. The van der Waals surface area contributed by atoms with Crippen LogP contribution in [0, 0.1) is 5.82 Å². The Labute approximate surface area is 162 Å². The molecule has 0 bridgehead atoms. The van der Waals surface area contributed by atoms with Crippen molar-refractivity contribution in [1.29, 1.82) is 0 Å². The SMILES string of the molecule is O=C(c1nccc2ccccc12)N1CC[C@H](Oc2ccccc2F)[C@@H](O)CC1. The number of hydrogen-bond acceptors (Lipinski definition) is 4. The molecule has 1 saturated heterocycles. The first-order valence-corrected chi connectivity index (χ1v) is 9.36. The molecule has 2 heterocycles. The van der Waals surface area contributed by atoms with E-state index in [1.54, 1.807) is 23.2 Å². The number of fused-ring (bicyclic) bond motifs is 1. The van der Waals surface area contributed by atoms with Crippen LogP contribution in [0.1, 0.15) is 23.3 Å². The summed E-state index contributed by atoms with van der Waals surface area (Å²) in [6.45, 7) is 0.794. The predicted octanol–water partition coefficient (Wildman–Crippen LogP) is 3.42. The van der Waals surface area contributed by atoms with E-state index in [0.29, 0.717) is 31.6 Å². The fraction of sp³-hybridized carbons (Fsp3) is 0.273. The van der Waals surface area contributed by atoms with E-state index in [9.17, 15) is 14.3 Å². The minimum absolute atomic E-state index is 0.113. The van der Waals surface area contributed by atoms with Crippen molar-refractivity contribution in [3.05, 3.63) is 72.3 Å². The van der Waals surface area contributed by atoms with Crippen molar-refractivity contribution in [3.63, 3.8) is 0 Å². The Morgan fingerprint density at radius 1 is 1.07 bits per heavy atom. The third-order valence-corrected chi connectivity index (χ3v) is 5.09. The van der Waals surface area contributed by atoms with Gasteiger partial charge in [0.15, 0.2) is 11.6 Å². The molecule has 2 atom stereocenters. The molecular weight excluding hydrogens is 359 g/mol. The fourth-order valence-corrected chi connectivity index (χ4v) is 3.55. The van der Waals surface area contributed by atoms with E-state index in [2.05, 4.69) is 4.98 Å². The number of amides is 1. The first kappa shape index (κ1) is 18.4. The lowest BCUT2D eigenvalue weighted by Gasteiger charge is -2.22. The number of aliphatic hydroxyl groups is 1. The lowest BCUT2D eigenvalue weighted by Crippen LogP contribution is -2.33. The van der Waals surface area contributed by atoms with Gasteiger partial charge in [0.05, 0.1) is 6.10 Å². The monoisotopic (exact) mass is 380 g/mol. The Morgan fingerprint density at radius 3 is 2.68 bits per heavy atom. The lowest BCUT2D eigenvalue weighted by molar-refractivity contribution is 0.0328. The zero-order chi connectivity index (χ0) is 19.5. The molecule has 0 aliphatic carbocycles. The standard InChI is InChI=1S/C22H21FN2O3/c23-17-7-3-4-8-19(17)28-20-11-14-25(13-10-18(20)26)22(27)21-16-6-2-1-5-15(16)9-12-24-21/h1-9,12,18,20,26H,10-11,13-14H2/t18-,20-/m0/s1. The number of hydrogen-bond donors (Lipinski definition) is 1. The van der Waals surface area contributed by atoms with Crippen LogP contribution in [-0.2, 0) is 0 Å². The molecule has 2 aromatic carbocycles. The number of likely N-dealkylation sites (tertiary alicyclic amines) is 1. The summed E-state index contributed by atoms with van der Waals surface area (Å²) in [4.78, 5) is 19.1. The van der Waals surface area contributed by atoms with Crippen molar-refractivity contribution < 1.29 is 19.0 Å². The van der Waals surface area contributed by atoms with Crippen LogP contribution in [0.15, 0.2) is 60.8 Å². The molecule has 1 N–H and O–H groups in total. The summed E-state index contributed by atoms with van der Waals surface area (Å²) in [5.74, 6) is -0.524. The highest BCUT2D eigenvalue weighted by atomic mass is 19.1. The molecule has 5 nitrogen and oxygen atoms in total. The van der Waals surface area contributed by atoms with Gasteiger partial charge in [-0.15, -0.1) is 0 Å². The van der Waals surface area contributed by atoms with E-state index in [-0.39, 0.29) is 11.7 Å². The van der Waals surface area contributed by atoms with Gasteiger partial charge >= 0.3 is 0 Å². The normalized spacial score (nSPS) is 20.0. The van der Waals surface area contributed by atoms with Gasteiger partial charge in [0, 0.05) is 31.1 Å². The van der Waals surface area contributed by atoms with Gasteiger partial charge < -0.3 is 14.7 Å². The number of ether oxygens (including phenoxy) is 1. The molecule has 3 aromatic rings. The van der Waals surface area contributed by atoms with Crippen molar-refractivity contribution in [2.75, 3.05) is 13.1 Å². The van der Waals surface area contributed by atoms with E-state index < -0.39 is 18.0 Å². The number of benzene rings is 2. The molecule has 144 valence electrons. The molecule has 1 aromatic heterocycles. The van der Waals surface area contributed by atoms with E-state index in [1.807, 2.05) is 30.3 Å². The third-order valence-electron chi connectivity index (χ3n) is 5.09. The Kier molecular flexibility index (Phi) is 5.21. The average molecular weight is 380 g/mol. The number of para-hydroxylation sites is 1. The van der Waals surface area contributed by atoms with Crippen molar-refractivity contribution in [3.8, 4) is 5.75 Å². The molecule has 0 spiro atoms. The van der Waals surface area contributed by atoms with Gasteiger partial charge in [-0.3, -0.25) is 9.78 Å². The van der Waals surface area contributed by atoms with Crippen LogP contribution in [0.25, 0.3) is 10.8 Å². The third kappa shape index (κ3) is 3.68. The second kappa shape index (κ2) is 7.94. The summed E-state index contributed by atoms with van der Waals surface area (Å²) < 4.78 is 19.6. The second-order valence-corrected chi connectivity index (χ2v) is 6.90. The second-order valence-electron chi connectivity index (χ2n) is 6.90. The highest BCUT2D eigenvalue weighted by molar-refractivity contribution is 6.05. The molecule has 0 saturated carbocycles. The highest BCUT2D eigenvalue weighted by Gasteiger charge is 2.30. The summed E-state index contributed by atoms with van der Waals surface area (Å²) in [6, 6.07) is 15.6. The molecule has 0 radical (unpaired) electrons. The van der Waals surface area contributed by atoms with Gasteiger partial charge in [0.1, 0.15) is 11.8 Å². The van der Waals surface area contributed by atoms with E-state index >= 15 is 0 Å². The van der Waals surface area contributed by atoms with E-state index in [0.717, 1.165) is 10.8 Å². The van der Waals surface area contributed by atoms with Gasteiger partial charge in [0.2, 0.25) is 0 Å². The van der Waals surface area contributed by atoms with Crippen LogP contribution in [-0.4, -0.2) is 46.2 Å². The van der Waals surface area contributed by atoms with Crippen molar-refractivity contribution in [2.24, 2.45) is 0 Å². The number of carbonyl (C=O) groups excluding carboxylic acids is 1. The van der Waals surface area contributed by atoms with Crippen LogP contribution >= 0.6 is 0 Å². The summed E-state index contributed by atoms with van der Waals surface area (Å²) in [5.41, 5.74) is 0.404. The highest BCUT2D eigenvalue weighted by Crippen LogP contribution is 2.24. The van der Waals surface area contributed by atoms with E-state index in [1.165, 1.54) is 12.1 Å². The van der Waals surface area contributed by atoms with Crippen LogP contribution < -0.4 is 4.74 Å². The minimum atomic E-state index is -0.780. The fourth-order valence-electron chi connectivity index (χ4n) is 3.55. The lowest BCUT2D eigenvalue weighted by atomic mass is 10.1. The van der Waals surface area contributed by atoms with Crippen LogP contribution in [0.2, 0.25) is 0 Å². The summed E-state index contributed by atoms with van der Waals surface area (Å²) in [7, 11) is 0. The number of rotatable bonds is 3. The van der Waals surface area contributed by atoms with Crippen LogP contribution in [0.4, 0.5) is 4.39 Å². The maximum absolute atomic E-state index is 13.9. The van der Waals surface area contributed by atoms with Gasteiger partial charge in [-0.1, -0.05) is 36.4 Å². The Morgan fingerprint density at radius 2 is 1.82 bits per heavy atom. The quantitative estimate of drug-likeness (QED) is 0.756. The number of aliphatic hydroxyl groups excluding tert-OH is 1. The van der Waals surface area contributed by atoms with Crippen LogP contribution in [0.3, 0.4) is 0 Å². The summed E-state index contributed by atoms with van der Waals surface area (Å²) >= 11 is 0. The zero-order valence-electron chi connectivity index (χ0n) is 15.3. The first-order valence-electron chi connectivity index (χ1n) is 9.36. The molecule has 1 aliphatic heterocycles. The predicted molar refractivity (Wildman–Crippen MR) is 104 cm³/mol. The molecule has 4 rings (SSSR count). The maximum Gasteiger partial charge on any atom is 0.273 e. The summed E-state index contributed by atoms with van der Waals surface area (Å²) in [6.07, 6.45) is 1.04. The van der Waals surface area contributed by atoms with Gasteiger partial charge in [-0.05, 0) is 30.0 Å². The molecule has 0 unspecified atom stereocenters. The topological polar surface area (TPSA) is 62.7 Å². The molecule has 1 fully saturated rings. The number of carbonyl (C=O) groups is 1. The number of nitrogens with zero attached hydrogens (tertiary/aromatic N) is 2. The summed E-state index contributed by atoms with van der Waals surface area (Å²) in [5, 5.41) is 12.2. The molecule has 1 amide bonds. The Hall–Kier alpha value is -2.99. The molecule has 1 aliphatic rings. The molecule has 28 heavy (non-hydrogen) atoms. The minimum Gasteiger partial charge on any atom is -0.485 e. The van der Waals surface area contributed by atoms with Gasteiger partial charge in [-0.25, -0.2) is 4.39 Å². The average Bonchev–Trinajstić information content (AvgIpc) is 2.90. The number of halogens is 1. The molecular formula is C22H21FN2O3. The van der Waals surface area contributed by atoms with Crippen molar-refractivity contribution >= 4 is 16.7 Å². The Bertz CT molecular complexity index is 989. The first-order chi connectivity index (χ1) is 13.6. The molecule has 6 heteroatoms. The van der Waals surface area contributed by atoms with Crippen molar-refractivity contribution in [1.82, 2.24) is 9.88 Å². The maximum atomic E-state index is 13.9. The van der Waals surface area contributed by atoms with Gasteiger partial charge in [-0.2, -0.15) is 0 Å². The van der Waals surface area contributed by atoms with Crippen molar-refractivity contribution in [2.45, 2.75) is 25.0 Å². The van der Waals surface area contributed by atoms with E-state index in [4.69, 9.17) is 4.74 Å². The number of pyridine rings is 1. The zero-order valence-corrected chi connectivity index (χ0v) is 15.3. The smallest absolute Gasteiger partial charge is 0.273 e. The number of aromatic nitrogens is 1.